The van der Waals surface area contributed by atoms with Gasteiger partial charge in [-0.25, -0.2) is 4.98 Å². The minimum atomic E-state index is -0.117. The number of hydrogen-bond acceptors (Lipinski definition) is 4. The van der Waals surface area contributed by atoms with Crippen LogP contribution in [0.4, 0.5) is 5.82 Å². The zero-order chi connectivity index (χ0) is 12.3. The van der Waals surface area contributed by atoms with Crippen molar-refractivity contribution in [3.63, 3.8) is 0 Å². The van der Waals surface area contributed by atoms with Crippen molar-refractivity contribution in [2.24, 2.45) is 0 Å². The molecule has 0 aliphatic heterocycles. The summed E-state index contributed by atoms with van der Waals surface area (Å²) in [5.41, 5.74) is -0.117. The summed E-state index contributed by atoms with van der Waals surface area (Å²) in [5.74, 6) is 1.11. The average Bonchev–Trinajstić information content (AvgIpc) is 2.80. The summed E-state index contributed by atoms with van der Waals surface area (Å²) < 4.78 is 6.81. The number of nitrogens with zero attached hydrogens (tertiary/aromatic N) is 2. The normalized spacial score (nSPS) is 10.8. The number of furan rings is 1. The molecule has 0 bridgehead atoms. The van der Waals surface area contributed by atoms with Crippen molar-refractivity contribution in [3.05, 3.63) is 46.9 Å². The third-order valence-electron chi connectivity index (χ3n) is 2.43. The van der Waals surface area contributed by atoms with Crippen LogP contribution in [0.5, 0.6) is 0 Å². The van der Waals surface area contributed by atoms with Crippen molar-refractivity contribution in [2.45, 2.75) is 26.4 Å². The Morgan fingerprint density at radius 1 is 1.53 bits per heavy atom. The van der Waals surface area contributed by atoms with Crippen LogP contribution in [0, 0.1) is 0 Å². The summed E-state index contributed by atoms with van der Waals surface area (Å²) >= 11 is 0. The first-order valence-electron chi connectivity index (χ1n) is 5.52. The van der Waals surface area contributed by atoms with Gasteiger partial charge in [0.2, 0.25) is 0 Å². The monoisotopic (exact) mass is 233 g/mol. The van der Waals surface area contributed by atoms with Gasteiger partial charge in [0.25, 0.3) is 5.56 Å². The van der Waals surface area contributed by atoms with Crippen LogP contribution < -0.4 is 10.9 Å². The molecule has 5 heteroatoms. The molecule has 0 fully saturated rings. The average molecular weight is 233 g/mol. The quantitative estimate of drug-likeness (QED) is 0.877. The van der Waals surface area contributed by atoms with Gasteiger partial charge in [-0.05, 0) is 26.0 Å². The SMILES string of the molecule is CC(C)n1ccnc(NCc2ccco2)c1=O. The maximum absolute atomic E-state index is 12.0. The zero-order valence-electron chi connectivity index (χ0n) is 9.88. The Kier molecular flexibility index (Phi) is 3.27. The van der Waals surface area contributed by atoms with Crippen LogP contribution in [0.2, 0.25) is 0 Å². The first-order chi connectivity index (χ1) is 8.18. The summed E-state index contributed by atoms with van der Waals surface area (Å²) in [5, 5.41) is 2.97. The van der Waals surface area contributed by atoms with E-state index in [1.54, 1.807) is 23.2 Å². The van der Waals surface area contributed by atoms with Crippen LogP contribution in [0.25, 0.3) is 0 Å². The molecule has 0 radical (unpaired) electrons. The molecular weight excluding hydrogens is 218 g/mol. The van der Waals surface area contributed by atoms with Crippen molar-refractivity contribution in [2.75, 3.05) is 5.32 Å². The first kappa shape index (κ1) is 11.4. The van der Waals surface area contributed by atoms with E-state index in [1.165, 1.54) is 0 Å². The van der Waals surface area contributed by atoms with Gasteiger partial charge < -0.3 is 14.3 Å². The van der Waals surface area contributed by atoms with E-state index in [1.807, 2.05) is 26.0 Å². The molecule has 2 rings (SSSR count). The lowest BCUT2D eigenvalue weighted by Gasteiger charge is -2.10. The Morgan fingerprint density at radius 3 is 3.00 bits per heavy atom. The number of nitrogens with one attached hydrogen (secondary N) is 1. The molecule has 2 aromatic heterocycles. The topological polar surface area (TPSA) is 60.1 Å². The highest BCUT2D eigenvalue weighted by molar-refractivity contribution is 5.31. The molecule has 0 saturated heterocycles. The number of aromatic nitrogens is 2. The van der Waals surface area contributed by atoms with Gasteiger partial charge in [-0.2, -0.15) is 0 Å². The Hall–Kier alpha value is -2.04. The summed E-state index contributed by atoms with van der Waals surface area (Å²) in [7, 11) is 0. The second-order valence-corrected chi connectivity index (χ2v) is 4.01. The van der Waals surface area contributed by atoms with E-state index in [0.717, 1.165) is 5.76 Å². The van der Waals surface area contributed by atoms with E-state index in [0.29, 0.717) is 12.4 Å². The molecule has 0 unspecified atom stereocenters. The lowest BCUT2D eigenvalue weighted by Crippen LogP contribution is -2.25. The van der Waals surface area contributed by atoms with E-state index < -0.39 is 0 Å². The smallest absolute Gasteiger partial charge is 0.293 e. The molecule has 17 heavy (non-hydrogen) atoms. The minimum absolute atomic E-state index is 0.117. The highest BCUT2D eigenvalue weighted by Gasteiger charge is 2.07. The highest BCUT2D eigenvalue weighted by Crippen LogP contribution is 2.04. The Morgan fingerprint density at radius 2 is 2.35 bits per heavy atom. The van der Waals surface area contributed by atoms with Gasteiger partial charge in [0.05, 0.1) is 12.8 Å². The van der Waals surface area contributed by atoms with Crippen molar-refractivity contribution in [3.8, 4) is 0 Å². The van der Waals surface area contributed by atoms with Crippen LogP contribution in [-0.2, 0) is 6.54 Å². The highest BCUT2D eigenvalue weighted by atomic mass is 16.3. The molecule has 0 aliphatic rings. The van der Waals surface area contributed by atoms with Gasteiger partial charge in [0.15, 0.2) is 5.82 Å². The molecule has 90 valence electrons. The molecule has 0 aromatic carbocycles. The van der Waals surface area contributed by atoms with E-state index in [2.05, 4.69) is 10.3 Å². The fourth-order valence-electron chi connectivity index (χ4n) is 1.54. The van der Waals surface area contributed by atoms with Crippen molar-refractivity contribution < 1.29 is 4.42 Å². The maximum atomic E-state index is 12.0. The molecular formula is C12H15N3O2. The summed E-state index contributed by atoms with van der Waals surface area (Å²) in [4.78, 5) is 16.0. The fraction of sp³-hybridized carbons (Fsp3) is 0.333. The standard InChI is InChI=1S/C12H15N3O2/c1-9(2)15-6-5-13-11(12(15)16)14-8-10-4-3-7-17-10/h3-7,9H,8H2,1-2H3,(H,13,14). The van der Waals surface area contributed by atoms with Crippen LogP contribution in [0.3, 0.4) is 0 Å². The Balaban J connectivity index is 2.16. The van der Waals surface area contributed by atoms with Crippen molar-refractivity contribution >= 4 is 5.82 Å². The van der Waals surface area contributed by atoms with E-state index in [9.17, 15) is 4.79 Å². The van der Waals surface area contributed by atoms with Gasteiger partial charge in [-0.3, -0.25) is 4.79 Å². The molecule has 5 nitrogen and oxygen atoms in total. The van der Waals surface area contributed by atoms with Gasteiger partial charge in [-0.15, -0.1) is 0 Å². The summed E-state index contributed by atoms with van der Waals surface area (Å²) in [6.07, 6.45) is 4.90. The number of rotatable bonds is 4. The predicted molar refractivity (Wildman–Crippen MR) is 64.9 cm³/mol. The lowest BCUT2D eigenvalue weighted by atomic mass is 10.4. The molecule has 2 aromatic rings. The maximum Gasteiger partial charge on any atom is 0.293 e. The van der Waals surface area contributed by atoms with Gasteiger partial charge in [-0.1, -0.05) is 0 Å². The molecule has 0 amide bonds. The van der Waals surface area contributed by atoms with Crippen LogP contribution in [0.15, 0.2) is 40.0 Å². The summed E-state index contributed by atoms with van der Waals surface area (Å²) in [6.45, 7) is 4.37. The van der Waals surface area contributed by atoms with E-state index in [-0.39, 0.29) is 11.6 Å². The lowest BCUT2D eigenvalue weighted by molar-refractivity contribution is 0.517. The third kappa shape index (κ3) is 2.55. The molecule has 0 spiro atoms. The molecule has 0 atom stereocenters. The number of hydrogen-bond donors (Lipinski definition) is 1. The largest absolute Gasteiger partial charge is 0.467 e. The Labute approximate surface area is 99.1 Å². The number of anilines is 1. The van der Waals surface area contributed by atoms with Crippen LogP contribution in [-0.4, -0.2) is 9.55 Å². The van der Waals surface area contributed by atoms with Gasteiger partial charge >= 0.3 is 0 Å². The van der Waals surface area contributed by atoms with E-state index in [4.69, 9.17) is 4.42 Å². The molecule has 0 aliphatic carbocycles. The Bertz CT molecular complexity index is 529. The summed E-state index contributed by atoms with van der Waals surface area (Å²) in [6, 6.07) is 3.77. The molecule has 2 heterocycles. The fourth-order valence-corrected chi connectivity index (χ4v) is 1.54. The second-order valence-electron chi connectivity index (χ2n) is 4.01. The minimum Gasteiger partial charge on any atom is -0.467 e. The molecule has 0 saturated carbocycles. The van der Waals surface area contributed by atoms with Crippen molar-refractivity contribution in [1.29, 1.82) is 0 Å². The second kappa shape index (κ2) is 4.86. The van der Waals surface area contributed by atoms with Gasteiger partial charge in [0, 0.05) is 18.4 Å². The van der Waals surface area contributed by atoms with E-state index >= 15 is 0 Å². The molecule has 1 N–H and O–H groups in total. The van der Waals surface area contributed by atoms with Gasteiger partial charge in [0.1, 0.15) is 5.76 Å². The van der Waals surface area contributed by atoms with Crippen LogP contribution >= 0.6 is 0 Å². The van der Waals surface area contributed by atoms with Crippen molar-refractivity contribution in [1.82, 2.24) is 9.55 Å². The zero-order valence-corrected chi connectivity index (χ0v) is 9.88. The third-order valence-corrected chi connectivity index (χ3v) is 2.43. The predicted octanol–water partition coefficient (Wildman–Crippen LogP) is 2.03. The first-order valence-corrected chi connectivity index (χ1v) is 5.52. The van der Waals surface area contributed by atoms with Crippen LogP contribution in [0.1, 0.15) is 25.6 Å².